The molecule has 9 N–H and O–H groups in total. The summed E-state index contributed by atoms with van der Waals surface area (Å²) in [6, 6.07) is 18.5. The molecule has 0 bridgehead atoms. The summed E-state index contributed by atoms with van der Waals surface area (Å²) in [6.07, 6.45) is 16.6. The number of pyridine rings is 2. The van der Waals surface area contributed by atoms with Crippen LogP contribution in [0.15, 0.2) is 73.1 Å². The van der Waals surface area contributed by atoms with Gasteiger partial charge in [0.2, 0.25) is 48.5 Å². The predicted molar refractivity (Wildman–Crippen MR) is 323 cm³/mol. The van der Waals surface area contributed by atoms with Gasteiger partial charge >= 0.3 is 0 Å². The van der Waals surface area contributed by atoms with Crippen LogP contribution in [0.2, 0.25) is 0 Å². The van der Waals surface area contributed by atoms with Crippen molar-refractivity contribution in [1.29, 1.82) is 0 Å². The van der Waals surface area contributed by atoms with Crippen LogP contribution in [0.1, 0.15) is 160 Å². The number of hydrogen-bond donors (Lipinski definition) is 6. The summed E-state index contributed by atoms with van der Waals surface area (Å²) in [4.78, 5) is 45.5. The van der Waals surface area contributed by atoms with E-state index in [2.05, 4.69) is 87.1 Å². The van der Waals surface area contributed by atoms with Gasteiger partial charge in [0.15, 0.2) is 0 Å². The number of amides is 3. The summed E-state index contributed by atoms with van der Waals surface area (Å²) in [7, 11) is 1.59. The fourth-order valence-corrected chi connectivity index (χ4v) is 15.3. The molecule has 3 aliphatic rings. The van der Waals surface area contributed by atoms with Gasteiger partial charge in [0.1, 0.15) is 35.8 Å². The van der Waals surface area contributed by atoms with E-state index in [1.165, 1.54) is 74.4 Å². The van der Waals surface area contributed by atoms with Crippen LogP contribution < -0.4 is 37.9 Å². The van der Waals surface area contributed by atoms with Crippen LogP contribution in [-0.2, 0) is 33.6 Å². The molecule has 0 saturated heterocycles. The van der Waals surface area contributed by atoms with E-state index in [4.69, 9.17) is 21.9 Å². The van der Waals surface area contributed by atoms with Crippen molar-refractivity contribution in [2.75, 3.05) is 40.3 Å². The van der Waals surface area contributed by atoms with Crippen molar-refractivity contribution in [2.45, 2.75) is 132 Å². The molecule has 3 saturated carbocycles. The Morgan fingerprint density at radius 1 is 0.434 bits per heavy atom. The minimum absolute atomic E-state index is 0.137. The molecule has 83 heavy (non-hydrogen) atoms. The predicted octanol–water partition coefficient (Wildman–Crippen LogP) is 9.58. The van der Waals surface area contributed by atoms with Crippen LogP contribution >= 0.6 is 68.0 Å². The van der Waals surface area contributed by atoms with Crippen molar-refractivity contribution in [1.82, 2.24) is 71.2 Å². The largest absolute Gasteiger partial charge is 0.496 e. The van der Waals surface area contributed by atoms with Gasteiger partial charge in [-0.25, -0.2) is 0 Å². The number of nitrogen functional groups attached to an aromatic ring is 3. The van der Waals surface area contributed by atoms with Crippen molar-refractivity contribution in [3.05, 3.63) is 120 Å². The number of carbonyl (C=O) groups excluding carboxylic acids is 3. The number of hydrogen-bond acceptors (Lipinski definition) is 27. The second-order valence-corrected chi connectivity index (χ2v) is 26.2. The first-order valence-electron chi connectivity index (χ1n) is 27.0. The van der Waals surface area contributed by atoms with Crippen LogP contribution in [0.5, 0.6) is 5.75 Å². The van der Waals surface area contributed by atoms with Crippen LogP contribution in [0.4, 0.5) is 30.8 Å². The molecule has 1 aromatic carbocycles. The highest BCUT2D eigenvalue weighted by molar-refractivity contribution is 7.16. The average Bonchev–Trinajstić information content (AvgIpc) is 4.60. The van der Waals surface area contributed by atoms with E-state index in [-0.39, 0.29) is 48.8 Å². The zero-order valence-electron chi connectivity index (χ0n) is 45.1. The van der Waals surface area contributed by atoms with E-state index in [0.717, 1.165) is 112 Å². The fourth-order valence-electron chi connectivity index (χ4n) is 10.3. The Labute approximate surface area is 501 Å². The van der Waals surface area contributed by atoms with Crippen LogP contribution in [-0.4, -0.2) is 96.0 Å². The lowest BCUT2D eigenvalue weighted by Gasteiger charge is -2.25. The molecule has 0 aliphatic heterocycles. The third-order valence-corrected chi connectivity index (χ3v) is 20.0. The van der Waals surface area contributed by atoms with E-state index < -0.39 is 0 Å². The lowest BCUT2D eigenvalue weighted by atomic mass is 9.82. The van der Waals surface area contributed by atoms with Gasteiger partial charge in [0, 0.05) is 64.9 Å². The van der Waals surface area contributed by atoms with Gasteiger partial charge < -0.3 is 37.9 Å². The third-order valence-electron chi connectivity index (χ3n) is 14.2. The number of methoxy groups -OCH3 is 1. The highest BCUT2D eigenvalue weighted by atomic mass is 32.1. The Balaban J connectivity index is 0.000000149. The minimum Gasteiger partial charge on any atom is -0.496 e. The van der Waals surface area contributed by atoms with Crippen LogP contribution in [0, 0.1) is 0 Å². The first-order chi connectivity index (χ1) is 40.5. The van der Waals surface area contributed by atoms with Gasteiger partial charge in [-0.15, -0.1) is 61.2 Å². The molecule has 0 radical (unpaired) electrons. The molecular formula is C53H60N20O4S6. The molecule has 0 unspecified atom stereocenters. The Kier molecular flexibility index (Phi) is 20.3. The molecule has 3 fully saturated rings. The molecule has 9 aromatic rings. The van der Waals surface area contributed by atoms with Gasteiger partial charge in [-0.3, -0.25) is 24.4 Å². The second kappa shape index (κ2) is 28.7. The number of nitrogens with zero attached hydrogens (tertiary/aromatic N) is 14. The minimum atomic E-state index is -0.165. The molecule has 24 nitrogen and oxygen atoms in total. The Hall–Kier alpha value is -7.51. The van der Waals surface area contributed by atoms with Crippen molar-refractivity contribution >= 4 is 117 Å². The van der Waals surface area contributed by atoms with E-state index in [9.17, 15) is 14.4 Å². The molecule has 3 aliphatic carbocycles. The number of nitrogens with one attached hydrogen (secondary N) is 3. The summed E-state index contributed by atoms with van der Waals surface area (Å²) in [5.74, 6) is 2.28. The maximum atomic E-state index is 12.6. The summed E-state index contributed by atoms with van der Waals surface area (Å²) in [5.41, 5.74) is 19.3. The summed E-state index contributed by atoms with van der Waals surface area (Å²) in [6.45, 7) is 0. The Morgan fingerprint density at radius 2 is 0.759 bits per heavy atom. The van der Waals surface area contributed by atoms with E-state index >= 15 is 0 Å². The maximum Gasteiger partial charge on any atom is 0.232 e. The number of carbonyl (C=O) groups is 3. The zero-order chi connectivity index (χ0) is 57.5. The average molecular weight is 1230 g/mol. The number of benzene rings is 1. The molecule has 8 heterocycles. The van der Waals surface area contributed by atoms with Gasteiger partial charge in [0.05, 0.1) is 26.4 Å². The first kappa shape index (κ1) is 58.7. The highest BCUT2D eigenvalue weighted by Gasteiger charge is 2.32. The van der Waals surface area contributed by atoms with Gasteiger partial charge in [-0.2, -0.15) is 0 Å². The number of ether oxygens (including phenoxy) is 1. The van der Waals surface area contributed by atoms with Crippen molar-refractivity contribution < 1.29 is 19.1 Å². The molecular weight excluding hydrogens is 1170 g/mol. The van der Waals surface area contributed by atoms with E-state index in [1.54, 1.807) is 19.5 Å². The first-order valence-corrected chi connectivity index (χ1v) is 31.9. The lowest BCUT2D eigenvalue weighted by molar-refractivity contribution is -0.116. The number of rotatable bonds is 16. The molecule has 432 valence electrons. The standard InChI is InChI=1S/C26H27N7O3S2.C17H19N7OS2.C10H14N6S2/c1-36-20-11-3-2-7-16(20)14-21(34)28-25-32-30-23(37-25)17-8-6-9-18(13-17)24-31-33-26(38-24)29-22(35)15-19-10-4-5-12-27-19;18-16-23-21-14(26-16)10-4-3-5-11(8-10)15-22-24-17(27-15)20-13(25)9-12-6-1-2-7-19-12;11-9-15-13-7(17-9)5-2-1-3-6(4-5)8-14-16-10(12)18-8/h2-5,7,10-12,17-18H,6,8-9,13-15H2,1H3,(H,28,32,34)(H,29,33,35);1-2,6-7,10-11H,3-5,8-9H2,(H2,18,23)(H,20,24,25);5-6H,1-4H2,(H2,11,15)(H2,12,16)/t17-,18-;10-,11-;5-,6-/m000/s1. The third kappa shape index (κ3) is 16.6. The van der Waals surface area contributed by atoms with Crippen LogP contribution in [0.3, 0.4) is 0 Å². The van der Waals surface area contributed by atoms with Crippen molar-refractivity contribution in [2.24, 2.45) is 0 Å². The SMILES string of the molecule is COc1ccccc1CC(=O)Nc1nnc([C@H]2CCC[C@H](c3nnc(NC(=O)Cc4ccccn4)s3)C2)s1.Nc1nnc([C@H]2CCC[C@H](c3nnc(N)s3)C2)s1.Nc1nnc([C@H]2CCC[C@H](c3nnc(NC(=O)Cc4ccccn4)s3)C2)s1. The van der Waals surface area contributed by atoms with Gasteiger partial charge in [0.25, 0.3) is 0 Å². The Bertz CT molecular complexity index is 3490. The Morgan fingerprint density at radius 3 is 1.08 bits per heavy atom. The smallest absolute Gasteiger partial charge is 0.232 e. The van der Waals surface area contributed by atoms with E-state index in [1.807, 2.05) is 60.7 Å². The van der Waals surface area contributed by atoms with Crippen LogP contribution in [0.25, 0.3) is 0 Å². The molecule has 3 amide bonds. The zero-order valence-corrected chi connectivity index (χ0v) is 50.0. The number of anilines is 6. The van der Waals surface area contributed by atoms with Crippen molar-refractivity contribution in [3.8, 4) is 5.75 Å². The summed E-state index contributed by atoms with van der Waals surface area (Å²) < 4.78 is 5.33. The topological polar surface area (TPSA) is 355 Å². The molecule has 0 spiro atoms. The summed E-state index contributed by atoms with van der Waals surface area (Å²) >= 11 is 8.74. The monoisotopic (exact) mass is 1230 g/mol. The molecule has 30 heteroatoms. The lowest BCUT2D eigenvalue weighted by Crippen LogP contribution is -2.14. The normalized spacial score (nSPS) is 19.5. The summed E-state index contributed by atoms with van der Waals surface area (Å²) in [5, 5.41) is 67.4. The maximum absolute atomic E-state index is 12.6. The quantitative estimate of drug-likeness (QED) is 0.0524. The molecule has 8 aromatic heterocycles. The second-order valence-electron chi connectivity index (χ2n) is 20.1. The molecule has 12 rings (SSSR count). The highest BCUT2D eigenvalue weighted by Crippen LogP contribution is 2.46. The number of nitrogens with two attached hydrogens (primary N) is 3. The fraction of sp³-hybridized carbons (Fsp3) is 0.415. The van der Waals surface area contributed by atoms with E-state index in [0.29, 0.717) is 65.9 Å². The number of aromatic nitrogens is 14. The van der Waals surface area contributed by atoms with Crippen molar-refractivity contribution in [3.63, 3.8) is 0 Å². The number of para-hydroxylation sites is 1. The van der Waals surface area contributed by atoms with Gasteiger partial charge in [-0.05, 0) is 88.1 Å². The molecule has 6 atom stereocenters. The van der Waals surface area contributed by atoms with Gasteiger partial charge in [-0.1, -0.05) is 118 Å².